The Balaban J connectivity index is 1.26. The molecule has 0 aliphatic carbocycles. The number of hydrogen-bond acceptors (Lipinski definition) is 4. The summed E-state index contributed by atoms with van der Waals surface area (Å²) < 4.78 is 13.2. The van der Waals surface area contributed by atoms with Gasteiger partial charge in [0, 0.05) is 56.1 Å². The van der Waals surface area contributed by atoms with Gasteiger partial charge in [0.15, 0.2) is 0 Å². The van der Waals surface area contributed by atoms with E-state index in [1.54, 1.807) is 34.1 Å². The zero-order valence-electron chi connectivity index (χ0n) is 17.2. The molecule has 1 N–H and O–H groups in total. The molecule has 31 heavy (non-hydrogen) atoms. The van der Waals surface area contributed by atoms with Crippen molar-refractivity contribution in [3.63, 3.8) is 0 Å². The predicted octanol–water partition coefficient (Wildman–Crippen LogP) is 2.35. The van der Waals surface area contributed by atoms with Gasteiger partial charge in [-0.25, -0.2) is 4.39 Å². The SMILES string of the molecule is O=C(CN1CCN(C(=O)c2ccc(N3CCCC3=O)cc2)CC1)Nc1cccc(F)c1. The molecule has 4 rings (SSSR count). The number of halogens is 1. The molecule has 0 saturated carbocycles. The Kier molecular flexibility index (Phi) is 6.27. The lowest BCUT2D eigenvalue weighted by Gasteiger charge is -2.34. The monoisotopic (exact) mass is 424 g/mol. The summed E-state index contributed by atoms with van der Waals surface area (Å²) in [7, 11) is 0. The molecule has 3 amide bonds. The van der Waals surface area contributed by atoms with Gasteiger partial charge in [-0.15, -0.1) is 0 Å². The molecule has 2 heterocycles. The van der Waals surface area contributed by atoms with Crippen molar-refractivity contribution in [2.75, 3.05) is 49.5 Å². The smallest absolute Gasteiger partial charge is 0.253 e. The third kappa shape index (κ3) is 5.08. The summed E-state index contributed by atoms with van der Waals surface area (Å²) in [5, 5.41) is 2.69. The second-order valence-corrected chi connectivity index (χ2v) is 7.82. The van der Waals surface area contributed by atoms with Crippen LogP contribution < -0.4 is 10.2 Å². The van der Waals surface area contributed by atoms with Gasteiger partial charge in [0.05, 0.1) is 6.54 Å². The zero-order chi connectivity index (χ0) is 21.8. The van der Waals surface area contributed by atoms with E-state index in [0.29, 0.717) is 43.9 Å². The number of nitrogens with one attached hydrogen (secondary N) is 1. The van der Waals surface area contributed by atoms with Gasteiger partial charge >= 0.3 is 0 Å². The first-order valence-electron chi connectivity index (χ1n) is 10.5. The van der Waals surface area contributed by atoms with Crippen LogP contribution in [0, 0.1) is 5.82 Å². The highest BCUT2D eigenvalue weighted by atomic mass is 19.1. The van der Waals surface area contributed by atoms with Gasteiger partial charge < -0.3 is 15.1 Å². The standard InChI is InChI=1S/C23H25FN4O3/c24-18-3-1-4-19(15-18)25-21(29)16-26-11-13-27(14-12-26)23(31)17-6-8-20(9-7-17)28-10-2-5-22(28)30/h1,3-4,6-9,15H,2,5,10-14,16H2,(H,25,29). The van der Waals surface area contributed by atoms with E-state index in [1.165, 1.54) is 12.1 Å². The van der Waals surface area contributed by atoms with Crippen LogP contribution in [0.1, 0.15) is 23.2 Å². The molecule has 0 aromatic heterocycles. The highest BCUT2D eigenvalue weighted by molar-refractivity contribution is 5.97. The van der Waals surface area contributed by atoms with E-state index in [2.05, 4.69) is 5.32 Å². The van der Waals surface area contributed by atoms with Crippen molar-refractivity contribution in [1.82, 2.24) is 9.80 Å². The molecular formula is C23H25FN4O3. The Hall–Kier alpha value is -3.26. The maximum absolute atomic E-state index is 13.2. The largest absolute Gasteiger partial charge is 0.336 e. The van der Waals surface area contributed by atoms with Gasteiger partial charge in [-0.3, -0.25) is 19.3 Å². The number of hydrogen-bond donors (Lipinski definition) is 1. The number of piperazine rings is 1. The molecule has 0 unspecified atom stereocenters. The molecule has 2 saturated heterocycles. The number of carbonyl (C=O) groups excluding carboxylic acids is 3. The summed E-state index contributed by atoms with van der Waals surface area (Å²) in [5.41, 5.74) is 1.85. The third-order valence-electron chi connectivity index (χ3n) is 5.63. The van der Waals surface area contributed by atoms with Gasteiger partial charge in [0.25, 0.3) is 5.91 Å². The molecule has 0 bridgehead atoms. The summed E-state index contributed by atoms with van der Waals surface area (Å²) >= 11 is 0. The van der Waals surface area contributed by atoms with E-state index >= 15 is 0 Å². The van der Waals surface area contributed by atoms with Crippen LogP contribution in [0.15, 0.2) is 48.5 Å². The van der Waals surface area contributed by atoms with E-state index in [4.69, 9.17) is 0 Å². The van der Waals surface area contributed by atoms with Crippen LogP contribution in [0.3, 0.4) is 0 Å². The first kappa shape index (κ1) is 21.0. The lowest BCUT2D eigenvalue weighted by molar-refractivity contribution is -0.118. The Bertz CT molecular complexity index is 971. The van der Waals surface area contributed by atoms with Crippen LogP contribution >= 0.6 is 0 Å². The van der Waals surface area contributed by atoms with Crippen molar-refractivity contribution in [1.29, 1.82) is 0 Å². The molecule has 0 spiro atoms. The van der Waals surface area contributed by atoms with Crippen molar-refractivity contribution in [3.05, 3.63) is 59.9 Å². The molecule has 2 fully saturated rings. The Morgan fingerprint density at radius 2 is 1.71 bits per heavy atom. The first-order chi connectivity index (χ1) is 15.0. The molecule has 2 aromatic carbocycles. The fraction of sp³-hybridized carbons (Fsp3) is 0.348. The van der Waals surface area contributed by atoms with Gasteiger partial charge in [-0.2, -0.15) is 0 Å². The summed E-state index contributed by atoms with van der Waals surface area (Å²) in [4.78, 5) is 42.4. The van der Waals surface area contributed by atoms with Crippen molar-refractivity contribution < 1.29 is 18.8 Å². The first-order valence-corrected chi connectivity index (χ1v) is 10.5. The fourth-order valence-corrected chi connectivity index (χ4v) is 3.97. The minimum Gasteiger partial charge on any atom is -0.336 e. The number of amides is 3. The van der Waals surface area contributed by atoms with E-state index in [1.807, 2.05) is 17.0 Å². The molecule has 2 aromatic rings. The topological polar surface area (TPSA) is 73.0 Å². The average molecular weight is 424 g/mol. The maximum Gasteiger partial charge on any atom is 0.253 e. The van der Waals surface area contributed by atoms with Gasteiger partial charge in [-0.1, -0.05) is 6.07 Å². The van der Waals surface area contributed by atoms with Gasteiger partial charge in [-0.05, 0) is 48.9 Å². The minimum atomic E-state index is -0.398. The fourth-order valence-electron chi connectivity index (χ4n) is 3.97. The molecular weight excluding hydrogens is 399 g/mol. The van der Waals surface area contributed by atoms with Crippen LogP contribution in [0.4, 0.5) is 15.8 Å². The lowest BCUT2D eigenvalue weighted by atomic mass is 10.1. The lowest BCUT2D eigenvalue weighted by Crippen LogP contribution is -2.50. The zero-order valence-corrected chi connectivity index (χ0v) is 17.2. The van der Waals surface area contributed by atoms with E-state index in [9.17, 15) is 18.8 Å². The van der Waals surface area contributed by atoms with E-state index < -0.39 is 5.82 Å². The van der Waals surface area contributed by atoms with Crippen molar-refractivity contribution in [2.45, 2.75) is 12.8 Å². The molecule has 162 valence electrons. The Morgan fingerprint density at radius 3 is 2.35 bits per heavy atom. The number of anilines is 2. The molecule has 0 atom stereocenters. The molecule has 2 aliphatic rings. The van der Waals surface area contributed by atoms with E-state index in [-0.39, 0.29) is 24.3 Å². The number of benzene rings is 2. The van der Waals surface area contributed by atoms with Crippen molar-refractivity contribution >= 4 is 29.1 Å². The van der Waals surface area contributed by atoms with Crippen LogP contribution in [0.25, 0.3) is 0 Å². The summed E-state index contributed by atoms with van der Waals surface area (Å²) in [6, 6.07) is 13.0. The number of carbonyl (C=O) groups is 3. The van der Waals surface area contributed by atoms with Crippen LogP contribution in [0.2, 0.25) is 0 Å². The second kappa shape index (κ2) is 9.26. The Labute approximate surface area is 180 Å². The highest BCUT2D eigenvalue weighted by Gasteiger charge is 2.25. The van der Waals surface area contributed by atoms with E-state index in [0.717, 1.165) is 18.7 Å². The number of rotatable bonds is 5. The quantitative estimate of drug-likeness (QED) is 0.800. The van der Waals surface area contributed by atoms with Crippen LogP contribution in [-0.4, -0.2) is 66.8 Å². The van der Waals surface area contributed by atoms with Crippen LogP contribution in [0.5, 0.6) is 0 Å². The number of nitrogens with zero attached hydrogens (tertiary/aromatic N) is 3. The third-order valence-corrected chi connectivity index (χ3v) is 5.63. The summed E-state index contributed by atoms with van der Waals surface area (Å²) in [6.07, 6.45) is 1.44. The summed E-state index contributed by atoms with van der Waals surface area (Å²) in [5.74, 6) is -0.540. The average Bonchev–Trinajstić information content (AvgIpc) is 3.20. The normalized spacial score (nSPS) is 17.1. The molecule has 2 aliphatic heterocycles. The predicted molar refractivity (Wildman–Crippen MR) is 115 cm³/mol. The van der Waals surface area contributed by atoms with Gasteiger partial charge in [0.2, 0.25) is 11.8 Å². The van der Waals surface area contributed by atoms with Crippen molar-refractivity contribution in [2.24, 2.45) is 0 Å². The molecule has 8 heteroatoms. The second-order valence-electron chi connectivity index (χ2n) is 7.82. The van der Waals surface area contributed by atoms with Crippen molar-refractivity contribution in [3.8, 4) is 0 Å². The molecule has 7 nitrogen and oxygen atoms in total. The molecule has 0 radical (unpaired) electrons. The van der Waals surface area contributed by atoms with Crippen LogP contribution in [-0.2, 0) is 9.59 Å². The minimum absolute atomic E-state index is 0.0526. The van der Waals surface area contributed by atoms with Gasteiger partial charge in [0.1, 0.15) is 5.82 Å². The highest BCUT2D eigenvalue weighted by Crippen LogP contribution is 2.22. The Morgan fingerprint density at radius 1 is 0.968 bits per heavy atom. The maximum atomic E-state index is 13.2. The summed E-state index contributed by atoms with van der Waals surface area (Å²) in [6.45, 7) is 3.14.